The Hall–Kier alpha value is -2.89. The second-order valence-electron chi connectivity index (χ2n) is 8.39. The van der Waals surface area contributed by atoms with Crippen LogP contribution in [0.1, 0.15) is 47.7 Å². The van der Waals surface area contributed by atoms with E-state index in [1.165, 1.54) is 18.6 Å². The van der Waals surface area contributed by atoms with E-state index in [9.17, 15) is 14.7 Å². The molecule has 2 aromatic carbocycles. The molecule has 2 aromatic rings. The second-order valence-corrected chi connectivity index (χ2v) is 8.77. The van der Waals surface area contributed by atoms with Gasteiger partial charge in [0.25, 0.3) is 5.91 Å². The molecule has 0 spiro atoms. The topological polar surface area (TPSA) is 75.6 Å². The van der Waals surface area contributed by atoms with Gasteiger partial charge in [0, 0.05) is 24.1 Å². The van der Waals surface area contributed by atoms with Crippen LogP contribution in [-0.4, -0.2) is 28.5 Å². The Morgan fingerprint density at radius 3 is 2.75 bits per heavy atom. The van der Waals surface area contributed by atoms with Crippen molar-refractivity contribution in [2.45, 2.75) is 50.7 Å². The van der Waals surface area contributed by atoms with Gasteiger partial charge in [-0.25, -0.2) is 0 Å². The summed E-state index contributed by atoms with van der Waals surface area (Å²) in [5.41, 5.74) is 1.37. The van der Waals surface area contributed by atoms with Crippen molar-refractivity contribution in [1.82, 2.24) is 5.32 Å². The standard InChI is InChI=1S/C26H26ClNO4/c1-17(29)26(31)14-6-10-19(16-26)28-25(30)21-12-13-23-22(24(21)27)15-20(32-23)11-5-9-18-7-3-2-4-8-18/h2-4,6-8,10,12-14,20,31H,5,9,11,15-16H2,1H3,(H,28,30). The zero-order valence-electron chi connectivity index (χ0n) is 17.9. The van der Waals surface area contributed by atoms with Gasteiger partial charge in [0.1, 0.15) is 17.5 Å². The molecule has 4 rings (SSSR count). The zero-order valence-corrected chi connectivity index (χ0v) is 18.7. The molecule has 0 bridgehead atoms. The largest absolute Gasteiger partial charge is 0.490 e. The van der Waals surface area contributed by atoms with E-state index >= 15 is 0 Å². The zero-order chi connectivity index (χ0) is 22.7. The number of aliphatic hydroxyl groups is 1. The number of fused-ring (bicyclic) bond motifs is 1. The molecule has 0 fully saturated rings. The fourth-order valence-corrected chi connectivity index (χ4v) is 4.46. The third kappa shape index (κ3) is 4.79. The molecular weight excluding hydrogens is 426 g/mol. The lowest BCUT2D eigenvalue weighted by Gasteiger charge is -2.25. The van der Waals surface area contributed by atoms with Gasteiger partial charge in [-0.3, -0.25) is 9.59 Å². The van der Waals surface area contributed by atoms with E-state index in [4.69, 9.17) is 16.3 Å². The Morgan fingerprint density at radius 2 is 2.00 bits per heavy atom. The lowest BCUT2D eigenvalue weighted by atomic mass is 9.89. The summed E-state index contributed by atoms with van der Waals surface area (Å²) >= 11 is 6.59. The van der Waals surface area contributed by atoms with E-state index < -0.39 is 5.60 Å². The van der Waals surface area contributed by atoms with Crippen molar-refractivity contribution in [2.24, 2.45) is 0 Å². The Morgan fingerprint density at radius 1 is 1.22 bits per heavy atom. The average Bonchev–Trinajstić information content (AvgIpc) is 3.18. The summed E-state index contributed by atoms with van der Waals surface area (Å²) in [6, 6.07) is 13.8. The highest BCUT2D eigenvalue weighted by Crippen LogP contribution is 2.38. The minimum absolute atomic E-state index is 0.0136. The third-order valence-corrected chi connectivity index (χ3v) is 6.45. The minimum atomic E-state index is -1.60. The van der Waals surface area contributed by atoms with E-state index in [2.05, 4.69) is 17.4 Å². The Kier molecular flexibility index (Phi) is 6.49. The van der Waals surface area contributed by atoms with Gasteiger partial charge in [0.05, 0.1) is 10.6 Å². The predicted molar refractivity (Wildman–Crippen MR) is 124 cm³/mol. The number of nitrogens with one attached hydrogen (secondary N) is 1. The number of amides is 1. The third-order valence-electron chi connectivity index (χ3n) is 6.02. The maximum absolute atomic E-state index is 12.9. The number of Topliss-reactive ketones (excluding diaryl/α,β-unsaturated/α-hetero) is 1. The molecule has 32 heavy (non-hydrogen) atoms. The van der Waals surface area contributed by atoms with Gasteiger partial charge in [-0.05, 0) is 56.0 Å². The van der Waals surface area contributed by atoms with Crippen LogP contribution in [0, 0.1) is 0 Å². The second kappa shape index (κ2) is 9.31. The number of ketones is 1. The van der Waals surface area contributed by atoms with Crippen LogP contribution >= 0.6 is 11.6 Å². The molecule has 0 radical (unpaired) electrons. The molecule has 1 aliphatic carbocycles. The molecule has 5 nitrogen and oxygen atoms in total. The molecule has 166 valence electrons. The highest BCUT2D eigenvalue weighted by atomic mass is 35.5. The first-order valence-electron chi connectivity index (χ1n) is 10.8. The van der Waals surface area contributed by atoms with E-state index in [-0.39, 0.29) is 24.2 Å². The minimum Gasteiger partial charge on any atom is -0.490 e. The highest BCUT2D eigenvalue weighted by Gasteiger charge is 2.33. The molecular formula is C26H26ClNO4. The van der Waals surface area contributed by atoms with Gasteiger partial charge >= 0.3 is 0 Å². The van der Waals surface area contributed by atoms with Crippen LogP contribution in [0.5, 0.6) is 5.75 Å². The predicted octanol–water partition coefficient (Wildman–Crippen LogP) is 4.56. The SMILES string of the molecule is CC(=O)C1(O)C=CC=C(NC(=O)c2ccc3c(c2Cl)CC(CCCc2ccccc2)O3)C1. The molecule has 0 saturated heterocycles. The number of carbonyl (C=O) groups is 2. The van der Waals surface area contributed by atoms with Gasteiger partial charge in [-0.2, -0.15) is 0 Å². The van der Waals surface area contributed by atoms with E-state index in [1.807, 2.05) is 18.2 Å². The smallest absolute Gasteiger partial charge is 0.256 e. The van der Waals surface area contributed by atoms with Crippen molar-refractivity contribution < 1.29 is 19.4 Å². The molecule has 2 aliphatic rings. The molecule has 6 heteroatoms. The van der Waals surface area contributed by atoms with Gasteiger partial charge in [-0.1, -0.05) is 48.0 Å². The first-order valence-corrected chi connectivity index (χ1v) is 11.2. The maximum Gasteiger partial charge on any atom is 0.256 e. The van der Waals surface area contributed by atoms with Gasteiger partial charge in [-0.15, -0.1) is 0 Å². The summed E-state index contributed by atoms with van der Waals surface area (Å²) < 4.78 is 6.06. The Labute approximate surface area is 192 Å². The maximum atomic E-state index is 12.9. The molecule has 2 atom stereocenters. The molecule has 1 heterocycles. The lowest BCUT2D eigenvalue weighted by Crippen LogP contribution is -2.39. The summed E-state index contributed by atoms with van der Waals surface area (Å²) in [6.45, 7) is 1.32. The van der Waals surface area contributed by atoms with Crippen LogP contribution < -0.4 is 10.1 Å². The normalized spacial score (nSPS) is 21.5. The summed E-state index contributed by atoms with van der Waals surface area (Å²) in [5, 5.41) is 13.5. The number of hydrogen-bond donors (Lipinski definition) is 2. The number of carbonyl (C=O) groups excluding carboxylic acids is 2. The summed E-state index contributed by atoms with van der Waals surface area (Å²) in [4.78, 5) is 24.6. The number of ether oxygens (including phenoxy) is 1. The molecule has 1 aliphatic heterocycles. The van der Waals surface area contributed by atoms with Crippen LogP contribution in [0.4, 0.5) is 0 Å². The average molecular weight is 452 g/mol. The molecule has 2 unspecified atom stereocenters. The first kappa shape index (κ1) is 22.3. The summed E-state index contributed by atoms with van der Waals surface area (Å²) in [5.74, 6) is -0.0283. The van der Waals surface area contributed by atoms with Crippen LogP contribution in [0.2, 0.25) is 5.02 Å². The fraction of sp³-hybridized carbons (Fsp3) is 0.308. The van der Waals surface area contributed by atoms with Crippen LogP contribution in [0.25, 0.3) is 0 Å². The van der Waals surface area contributed by atoms with E-state index in [0.29, 0.717) is 22.7 Å². The van der Waals surface area contributed by atoms with Gasteiger partial charge in [0.2, 0.25) is 0 Å². The summed E-state index contributed by atoms with van der Waals surface area (Å²) in [6.07, 6.45) is 8.30. The Balaban J connectivity index is 1.38. The number of halogens is 1. The number of aryl methyl sites for hydroxylation is 1. The molecule has 1 amide bonds. The van der Waals surface area contributed by atoms with E-state index in [0.717, 1.165) is 30.6 Å². The molecule has 0 aromatic heterocycles. The van der Waals surface area contributed by atoms with E-state index in [1.54, 1.807) is 24.3 Å². The summed E-state index contributed by atoms with van der Waals surface area (Å²) in [7, 11) is 0. The van der Waals surface area contributed by atoms with Gasteiger partial charge in [0.15, 0.2) is 5.78 Å². The number of rotatable bonds is 7. The lowest BCUT2D eigenvalue weighted by molar-refractivity contribution is -0.130. The van der Waals surface area contributed by atoms with Gasteiger partial charge < -0.3 is 15.2 Å². The quantitative estimate of drug-likeness (QED) is 0.647. The van der Waals surface area contributed by atoms with Crippen molar-refractivity contribution in [3.8, 4) is 5.75 Å². The van der Waals surface area contributed by atoms with Crippen LogP contribution in [0.15, 0.2) is 66.4 Å². The fourth-order valence-electron chi connectivity index (χ4n) is 4.14. The highest BCUT2D eigenvalue weighted by molar-refractivity contribution is 6.35. The van der Waals surface area contributed by atoms with Crippen molar-refractivity contribution in [3.05, 3.63) is 88.1 Å². The van der Waals surface area contributed by atoms with Crippen LogP contribution in [0.3, 0.4) is 0 Å². The van der Waals surface area contributed by atoms with Crippen molar-refractivity contribution in [2.75, 3.05) is 0 Å². The Bertz CT molecular complexity index is 1090. The number of allylic oxidation sites excluding steroid dienone is 2. The first-order chi connectivity index (χ1) is 15.4. The monoisotopic (exact) mass is 451 g/mol. The number of hydrogen-bond acceptors (Lipinski definition) is 4. The molecule has 0 saturated carbocycles. The van der Waals surface area contributed by atoms with Crippen LogP contribution in [-0.2, 0) is 17.6 Å². The molecule has 2 N–H and O–H groups in total. The van der Waals surface area contributed by atoms with Crippen molar-refractivity contribution in [3.63, 3.8) is 0 Å². The number of benzene rings is 2. The van der Waals surface area contributed by atoms with Crippen molar-refractivity contribution in [1.29, 1.82) is 0 Å². The van der Waals surface area contributed by atoms with Crippen molar-refractivity contribution >= 4 is 23.3 Å².